The Morgan fingerprint density at radius 1 is 1.00 bits per heavy atom. The van der Waals surface area contributed by atoms with Crippen LogP contribution < -0.4 is 15.8 Å². The van der Waals surface area contributed by atoms with Crippen molar-refractivity contribution >= 4 is 34.3 Å². The first-order valence-electron chi connectivity index (χ1n) is 13.5. The molecule has 0 fully saturated rings. The number of carboxylic acids is 1. The zero-order chi connectivity index (χ0) is 32.3. The van der Waals surface area contributed by atoms with Crippen LogP contribution in [0.25, 0.3) is 10.9 Å². The molecule has 9 nitrogen and oxygen atoms in total. The molecule has 2 unspecified atom stereocenters. The summed E-state index contributed by atoms with van der Waals surface area (Å²) in [7, 11) is 1.69. The maximum absolute atomic E-state index is 13.9. The summed E-state index contributed by atoms with van der Waals surface area (Å²) < 4.78 is 61.1. The van der Waals surface area contributed by atoms with Gasteiger partial charge in [-0.05, 0) is 29.9 Å². The molecule has 232 valence electrons. The summed E-state index contributed by atoms with van der Waals surface area (Å²) in [6.45, 7) is 5.77. The fourth-order valence-electron chi connectivity index (χ4n) is 4.90. The Morgan fingerprint density at radius 3 is 2.12 bits per heavy atom. The van der Waals surface area contributed by atoms with Crippen molar-refractivity contribution in [2.45, 2.75) is 46.2 Å². The minimum Gasteiger partial charge on any atom is -0.481 e. The van der Waals surface area contributed by atoms with Crippen LogP contribution in [0.15, 0.2) is 30.3 Å². The second kappa shape index (κ2) is 13.4. The van der Waals surface area contributed by atoms with E-state index < -0.39 is 83.0 Å². The van der Waals surface area contributed by atoms with E-state index in [2.05, 4.69) is 10.1 Å². The molecule has 0 spiro atoms. The number of ether oxygens (including phenoxy) is 1. The van der Waals surface area contributed by atoms with Gasteiger partial charge in [-0.1, -0.05) is 45.9 Å². The zero-order valence-electron chi connectivity index (χ0n) is 24.2. The van der Waals surface area contributed by atoms with E-state index >= 15 is 0 Å². The van der Waals surface area contributed by atoms with Crippen molar-refractivity contribution in [2.24, 2.45) is 30.5 Å². The molecule has 3 rings (SSSR count). The lowest BCUT2D eigenvalue weighted by atomic mass is 9.85. The topological polar surface area (TPSA) is 141 Å². The van der Waals surface area contributed by atoms with Crippen LogP contribution in [0.1, 0.15) is 43.7 Å². The van der Waals surface area contributed by atoms with Gasteiger partial charge < -0.3 is 25.5 Å². The molecular formula is C30H33F4N3O6. The van der Waals surface area contributed by atoms with E-state index in [9.17, 15) is 41.8 Å². The van der Waals surface area contributed by atoms with Crippen LogP contribution in [-0.4, -0.2) is 51.8 Å². The van der Waals surface area contributed by atoms with Crippen molar-refractivity contribution in [3.8, 4) is 5.75 Å². The molecule has 3 aromatic rings. The number of fused-ring (bicyclic) bond motifs is 1. The van der Waals surface area contributed by atoms with Gasteiger partial charge in [0.2, 0.25) is 11.6 Å². The molecule has 43 heavy (non-hydrogen) atoms. The predicted molar refractivity (Wildman–Crippen MR) is 148 cm³/mol. The molecule has 1 heterocycles. The average Bonchev–Trinajstić information content (AvgIpc) is 3.20. The molecule has 3 atom stereocenters. The quantitative estimate of drug-likeness (QED) is 0.152. The first-order chi connectivity index (χ1) is 20.1. The number of hydrogen-bond donors (Lipinski definition) is 3. The Morgan fingerprint density at radius 2 is 1.58 bits per heavy atom. The van der Waals surface area contributed by atoms with Gasteiger partial charge in [0.1, 0.15) is 18.2 Å². The van der Waals surface area contributed by atoms with Crippen molar-refractivity contribution in [2.75, 3.05) is 6.61 Å². The smallest absolute Gasteiger partial charge is 0.316 e. The monoisotopic (exact) mass is 607 g/mol. The average molecular weight is 608 g/mol. The van der Waals surface area contributed by atoms with Crippen molar-refractivity contribution < 1.29 is 46.6 Å². The number of para-hydroxylation sites is 1. The van der Waals surface area contributed by atoms with Gasteiger partial charge in [0.15, 0.2) is 29.0 Å². The van der Waals surface area contributed by atoms with E-state index in [0.29, 0.717) is 6.42 Å². The number of Topliss-reactive ketones (excluding diaryl/α,β-unsaturated/α-hetero) is 2. The van der Waals surface area contributed by atoms with Gasteiger partial charge in [-0.2, -0.15) is 8.78 Å². The maximum Gasteiger partial charge on any atom is 0.316 e. The number of rotatable bonds is 13. The molecule has 1 amide bonds. The molecular weight excluding hydrogens is 574 g/mol. The van der Waals surface area contributed by atoms with Crippen molar-refractivity contribution in [3.63, 3.8) is 0 Å². The number of nitrogens with one attached hydrogen (secondary N) is 1. The van der Waals surface area contributed by atoms with Gasteiger partial charge in [0, 0.05) is 24.0 Å². The van der Waals surface area contributed by atoms with E-state index in [4.69, 9.17) is 5.73 Å². The third-order valence-corrected chi connectivity index (χ3v) is 7.03. The summed E-state index contributed by atoms with van der Waals surface area (Å²) in [5, 5.41) is 13.3. The van der Waals surface area contributed by atoms with Crippen LogP contribution in [0, 0.1) is 41.0 Å². The highest BCUT2D eigenvalue weighted by atomic mass is 19.2. The molecule has 0 saturated heterocycles. The SMILES string of the molecule is CC(C)Cc1c(C(=O)N[C@H](C(=O)C(C(=O)O)C(N)C(=O)COc2c(F)c(F)cc(F)c2F)C(C)C)n(C)c2ccccc12. The van der Waals surface area contributed by atoms with E-state index in [1.165, 1.54) is 0 Å². The number of amides is 1. The summed E-state index contributed by atoms with van der Waals surface area (Å²) in [4.78, 5) is 52.0. The molecule has 0 saturated carbocycles. The van der Waals surface area contributed by atoms with E-state index in [1.807, 2.05) is 38.1 Å². The van der Waals surface area contributed by atoms with Gasteiger partial charge in [-0.3, -0.25) is 19.2 Å². The van der Waals surface area contributed by atoms with E-state index in [-0.39, 0.29) is 17.7 Å². The fraction of sp³-hybridized carbons (Fsp3) is 0.400. The number of carbonyl (C=O) groups is 4. The van der Waals surface area contributed by atoms with Gasteiger partial charge in [0.25, 0.3) is 5.91 Å². The number of hydrogen-bond acceptors (Lipinski definition) is 6. The Bertz CT molecular complexity index is 1540. The van der Waals surface area contributed by atoms with Crippen LogP contribution in [-0.2, 0) is 27.9 Å². The largest absolute Gasteiger partial charge is 0.481 e. The third-order valence-electron chi connectivity index (χ3n) is 7.03. The number of aliphatic carboxylic acids is 1. The molecule has 1 aromatic heterocycles. The number of aromatic nitrogens is 1. The molecule has 0 bridgehead atoms. The minimum absolute atomic E-state index is 0.0611. The molecule has 2 aromatic carbocycles. The summed E-state index contributed by atoms with van der Waals surface area (Å²) in [5.74, 6) is -16.5. The van der Waals surface area contributed by atoms with E-state index in [0.717, 1.165) is 16.5 Å². The number of carboxylic acid groups (broad SMARTS) is 1. The molecule has 0 aliphatic rings. The maximum atomic E-state index is 13.9. The number of carbonyl (C=O) groups excluding carboxylic acids is 3. The highest BCUT2D eigenvalue weighted by molar-refractivity contribution is 6.09. The third kappa shape index (κ3) is 6.87. The fourth-order valence-corrected chi connectivity index (χ4v) is 4.90. The normalized spacial score (nSPS) is 13.7. The van der Waals surface area contributed by atoms with Crippen LogP contribution in [0.2, 0.25) is 0 Å². The first-order valence-corrected chi connectivity index (χ1v) is 13.5. The second-order valence-electron chi connectivity index (χ2n) is 11.0. The number of aryl methyl sites for hydroxylation is 1. The van der Waals surface area contributed by atoms with Crippen molar-refractivity contribution in [3.05, 3.63) is 64.9 Å². The highest BCUT2D eigenvalue weighted by Crippen LogP contribution is 2.29. The first kappa shape index (κ1) is 33.2. The second-order valence-corrected chi connectivity index (χ2v) is 11.0. The van der Waals surface area contributed by atoms with Gasteiger partial charge in [-0.15, -0.1) is 0 Å². The lowest BCUT2D eigenvalue weighted by Gasteiger charge is -2.27. The minimum atomic E-state index is -2.20. The van der Waals surface area contributed by atoms with E-state index in [1.54, 1.807) is 25.5 Å². The molecule has 4 N–H and O–H groups in total. The zero-order valence-corrected chi connectivity index (χ0v) is 24.2. The Hall–Kier alpha value is -4.26. The molecule has 0 aliphatic carbocycles. The van der Waals surface area contributed by atoms with Crippen LogP contribution in [0.5, 0.6) is 5.75 Å². The van der Waals surface area contributed by atoms with Gasteiger partial charge in [0.05, 0.1) is 12.1 Å². The van der Waals surface area contributed by atoms with Crippen molar-refractivity contribution in [1.29, 1.82) is 0 Å². The summed E-state index contributed by atoms with van der Waals surface area (Å²) >= 11 is 0. The van der Waals surface area contributed by atoms with Crippen LogP contribution in [0.3, 0.4) is 0 Å². The van der Waals surface area contributed by atoms with Gasteiger partial charge in [-0.25, -0.2) is 8.78 Å². The number of nitrogens with zero attached hydrogens (tertiary/aromatic N) is 1. The lowest BCUT2D eigenvalue weighted by molar-refractivity contribution is -0.150. The number of halogens is 4. The summed E-state index contributed by atoms with van der Waals surface area (Å²) in [6, 6.07) is 3.79. The number of benzene rings is 2. The highest BCUT2D eigenvalue weighted by Gasteiger charge is 2.42. The molecule has 0 radical (unpaired) electrons. The molecule has 13 heteroatoms. The Kier molecular flexibility index (Phi) is 10.3. The number of ketones is 2. The predicted octanol–water partition coefficient (Wildman–Crippen LogP) is 3.93. The van der Waals surface area contributed by atoms with Crippen LogP contribution in [0.4, 0.5) is 17.6 Å². The number of nitrogens with two attached hydrogens (primary N) is 1. The van der Waals surface area contributed by atoms with Gasteiger partial charge >= 0.3 is 5.97 Å². The molecule has 0 aliphatic heterocycles. The summed E-state index contributed by atoms with van der Waals surface area (Å²) in [5.41, 5.74) is 7.61. The van der Waals surface area contributed by atoms with Crippen molar-refractivity contribution in [1.82, 2.24) is 9.88 Å². The van der Waals surface area contributed by atoms with Crippen LogP contribution >= 0.6 is 0 Å². The summed E-state index contributed by atoms with van der Waals surface area (Å²) in [6.07, 6.45) is 0.540. The Labute approximate surface area is 245 Å². The lowest BCUT2D eigenvalue weighted by Crippen LogP contribution is -2.55. The standard InChI is InChI=1S/C30H33F4N3O6/c1-13(2)10-16-15-8-6-7-9-19(15)37(5)26(16)29(40)36-25(14(3)4)27(39)21(30(41)42)24(35)20(38)12-43-28-22(33)17(31)11-18(32)23(28)34/h6-9,11,13-14,21,24-25H,10,12,35H2,1-5H3,(H,36,40)(H,41,42)/t21?,24?,25-/m0/s1. The Balaban J connectivity index is 1.88.